The Hall–Kier alpha value is -1.10. The van der Waals surface area contributed by atoms with Crippen LogP contribution in [0.3, 0.4) is 0 Å². The zero-order valence-corrected chi connectivity index (χ0v) is 22.6. The zero-order chi connectivity index (χ0) is 25.1. The zero-order valence-electron chi connectivity index (χ0n) is 22.6. The molecule has 0 fully saturated rings. The minimum Gasteiger partial charge on any atom is -0.462 e. The van der Waals surface area contributed by atoms with Crippen LogP contribution in [-0.2, 0) is 19.1 Å². The van der Waals surface area contributed by atoms with E-state index in [2.05, 4.69) is 13.8 Å². The summed E-state index contributed by atoms with van der Waals surface area (Å²) >= 11 is 0. The third-order valence-electron chi connectivity index (χ3n) is 6.40. The van der Waals surface area contributed by atoms with E-state index < -0.39 is 6.10 Å². The van der Waals surface area contributed by atoms with Crippen LogP contribution in [0.2, 0.25) is 0 Å². The van der Waals surface area contributed by atoms with E-state index >= 15 is 0 Å². The summed E-state index contributed by atoms with van der Waals surface area (Å²) in [6.07, 6.45) is 24.5. The molecular weight excluding hydrogens is 428 g/mol. The second-order valence-electron chi connectivity index (χ2n) is 9.84. The van der Waals surface area contributed by atoms with Gasteiger partial charge in [-0.3, -0.25) is 9.59 Å². The Labute approximate surface area is 210 Å². The average Bonchev–Trinajstić information content (AvgIpc) is 2.84. The highest BCUT2D eigenvalue weighted by Gasteiger charge is 2.16. The van der Waals surface area contributed by atoms with Gasteiger partial charge in [-0.05, 0) is 12.8 Å². The molecule has 0 radical (unpaired) electrons. The molecule has 0 heterocycles. The predicted octanol–water partition coefficient (Wildman–Crippen LogP) is 8.06. The first kappa shape index (κ1) is 32.9. The van der Waals surface area contributed by atoms with Gasteiger partial charge in [-0.1, -0.05) is 129 Å². The number of carbonyl (C=O) groups is 2. The van der Waals surface area contributed by atoms with Gasteiger partial charge in [-0.25, -0.2) is 0 Å². The van der Waals surface area contributed by atoms with Crippen LogP contribution in [0.15, 0.2) is 0 Å². The average molecular weight is 485 g/mol. The molecule has 0 rings (SSSR count). The van der Waals surface area contributed by atoms with Gasteiger partial charge in [-0.15, -0.1) is 0 Å². The maximum atomic E-state index is 11.9. The maximum absolute atomic E-state index is 11.9. The Morgan fingerprint density at radius 1 is 0.559 bits per heavy atom. The van der Waals surface area contributed by atoms with E-state index in [1.807, 2.05) is 0 Å². The fourth-order valence-electron chi connectivity index (χ4n) is 4.14. The van der Waals surface area contributed by atoms with E-state index in [1.54, 1.807) is 0 Å². The number of aliphatic hydroxyl groups is 1. The topological polar surface area (TPSA) is 72.8 Å². The first-order valence-electron chi connectivity index (χ1n) is 14.6. The number of aliphatic hydroxyl groups excluding tert-OH is 1. The van der Waals surface area contributed by atoms with Crippen molar-refractivity contribution in [3.8, 4) is 0 Å². The molecule has 0 aliphatic heterocycles. The van der Waals surface area contributed by atoms with Gasteiger partial charge >= 0.3 is 11.9 Å². The number of ether oxygens (including phenoxy) is 2. The molecule has 0 saturated carbocycles. The van der Waals surface area contributed by atoms with Crippen LogP contribution in [0, 0.1) is 0 Å². The summed E-state index contributed by atoms with van der Waals surface area (Å²) in [4.78, 5) is 23.9. The van der Waals surface area contributed by atoms with Crippen molar-refractivity contribution in [1.29, 1.82) is 0 Å². The first-order chi connectivity index (χ1) is 16.6. The van der Waals surface area contributed by atoms with Crippen molar-refractivity contribution in [2.24, 2.45) is 0 Å². The molecule has 5 nitrogen and oxygen atoms in total. The van der Waals surface area contributed by atoms with E-state index in [1.165, 1.54) is 96.3 Å². The second-order valence-corrected chi connectivity index (χ2v) is 9.84. The van der Waals surface area contributed by atoms with Gasteiger partial charge in [0.05, 0.1) is 6.61 Å². The molecule has 0 amide bonds. The molecule has 0 aliphatic carbocycles. The molecule has 1 atom stereocenters. The third-order valence-corrected chi connectivity index (χ3v) is 6.40. The van der Waals surface area contributed by atoms with Crippen molar-refractivity contribution < 1.29 is 24.2 Å². The number of hydrogen-bond acceptors (Lipinski definition) is 5. The highest BCUT2D eigenvalue weighted by atomic mass is 16.6. The molecule has 0 aromatic carbocycles. The van der Waals surface area contributed by atoms with E-state index in [0.29, 0.717) is 12.8 Å². The quantitative estimate of drug-likeness (QED) is 0.0992. The predicted molar refractivity (Wildman–Crippen MR) is 141 cm³/mol. The lowest BCUT2D eigenvalue weighted by atomic mass is 10.0. The molecule has 1 N–H and O–H groups in total. The fourth-order valence-corrected chi connectivity index (χ4v) is 4.14. The van der Waals surface area contributed by atoms with Crippen LogP contribution < -0.4 is 0 Å². The van der Waals surface area contributed by atoms with Crippen molar-refractivity contribution in [2.75, 3.05) is 13.2 Å². The van der Waals surface area contributed by atoms with Crippen molar-refractivity contribution in [3.05, 3.63) is 0 Å². The summed E-state index contributed by atoms with van der Waals surface area (Å²) in [7, 11) is 0. The largest absolute Gasteiger partial charge is 0.462 e. The summed E-state index contributed by atoms with van der Waals surface area (Å²) in [6, 6.07) is 0. The normalized spacial score (nSPS) is 12.0. The van der Waals surface area contributed by atoms with Crippen LogP contribution in [0.5, 0.6) is 0 Å². The lowest BCUT2D eigenvalue weighted by Crippen LogP contribution is -2.28. The molecule has 0 bridgehead atoms. The minimum absolute atomic E-state index is 0.0590. The van der Waals surface area contributed by atoms with Crippen LogP contribution >= 0.6 is 0 Å². The van der Waals surface area contributed by atoms with Crippen LogP contribution in [-0.4, -0.2) is 36.4 Å². The SMILES string of the molecule is CCCCCCCCCCCCCCCC(=O)OC[C@H](CO)OC(=O)CCCCCCCCC. The smallest absolute Gasteiger partial charge is 0.306 e. The minimum atomic E-state index is -0.757. The van der Waals surface area contributed by atoms with E-state index in [4.69, 9.17) is 9.47 Å². The summed E-state index contributed by atoms with van der Waals surface area (Å²) in [5.41, 5.74) is 0. The summed E-state index contributed by atoms with van der Waals surface area (Å²) in [6.45, 7) is 4.07. The Morgan fingerprint density at radius 3 is 1.29 bits per heavy atom. The summed E-state index contributed by atoms with van der Waals surface area (Å²) in [5.74, 6) is -0.593. The van der Waals surface area contributed by atoms with Gasteiger partial charge in [0.15, 0.2) is 6.10 Å². The van der Waals surface area contributed by atoms with Crippen molar-refractivity contribution in [3.63, 3.8) is 0 Å². The van der Waals surface area contributed by atoms with Crippen molar-refractivity contribution >= 4 is 11.9 Å². The molecule has 34 heavy (non-hydrogen) atoms. The second kappa shape index (κ2) is 26.5. The van der Waals surface area contributed by atoms with Crippen LogP contribution in [0.4, 0.5) is 0 Å². The number of carbonyl (C=O) groups excluding carboxylic acids is 2. The molecule has 0 spiro atoms. The third kappa shape index (κ3) is 24.0. The Kier molecular flexibility index (Phi) is 25.6. The van der Waals surface area contributed by atoms with Gasteiger partial charge in [0, 0.05) is 12.8 Å². The molecule has 0 aromatic heterocycles. The lowest BCUT2D eigenvalue weighted by Gasteiger charge is -2.15. The van der Waals surface area contributed by atoms with Gasteiger partial charge in [-0.2, -0.15) is 0 Å². The lowest BCUT2D eigenvalue weighted by molar-refractivity contribution is -0.161. The molecule has 0 saturated heterocycles. The van der Waals surface area contributed by atoms with Crippen LogP contribution in [0.25, 0.3) is 0 Å². The Morgan fingerprint density at radius 2 is 0.912 bits per heavy atom. The van der Waals surface area contributed by atoms with E-state index in [-0.39, 0.29) is 25.2 Å². The Balaban J connectivity index is 3.55. The van der Waals surface area contributed by atoms with Gasteiger partial charge < -0.3 is 14.6 Å². The maximum Gasteiger partial charge on any atom is 0.306 e. The monoisotopic (exact) mass is 484 g/mol. The number of rotatable bonds is 26. The standard InChI is InChI=1S/C29H56O5/c1-3-5-7-9-11-12-13-14-15-16-18-19-21-23-28(31)33-26-27(25-30)34-29(32)24-22-20-17-10-8-6-4-2/h27,30H,3-26H2,1-2H3/t27-/m0/s1. The number of hydrogen-bond donors (Lipinski definition) is 1. The first-order valence-corrected chi connectivity index (χ1v) is 14.6. The molecule has 0 aromatic rings. The highest BCUT2D eigenvalue weighted by Crippen LogP contribution is 2.13. The number of esters is 2. The fraction of sp³-hybridized carbons (Fsp3) is 0.931. The molecule has 202 valence electrons. The molecule has 0 aliphatic rings. The summed E-state index contributed by atoms with van der Waals surface area (Å²) < 4.78 is 10.5. The van der Waals surface area contributed by atoms with Crippen molar-refractivity contribution in [2.45, 2.75) is 161 Å². The Bertz CT molecular complexity index is 452. The van der Waals surface area contributed by atoms with Crippen LogP contribution in [0.1, 0.15) is 155 Å². The van der Waals surface area contributed by atoms with Gasteiger partial charge in [0.1, 0.15) is 6.61 Å². The van der Waals surface area contributed by atoms with Gasteiger partial charge in [0.25, 0.3) is 0 Å². The van der Waals surface area contributed by atoms with Crippen molar-refractivity contribution in [1.82, 2.24) is 0 Å². The molecule has 0 unspecified atom stereocenters. The van der Waals surface area contributed by atoms with E-state index in [9.17, 15) is 14.7 Å². The molecule has 5 heteroatoms. The van der Waals surface area contributed by atoms with E-state index in [0.717, 1.165) is 32.1 Å². The highest BCUT2D eigenvalue weighted by molar-refractivity contribution is 5.70. The molecular formula is C29H56O5. The number of unbranched alkanes of at least 4 members (excludes halogenated alkanes) is 18. The van der Waals surface area contributed by atoms with Gasteiger partial charge in [0.2, 0.25) is 0 Å². The summed E-state index contributed by atoms with van der Waals surface area (Å²) in [5, 5.41) is 9.41.